The minimum absolute atomic E-state index is 0.0857. The first-order valence-electron chi connectivity index (χ1n) is 10.00. The second kappa shape index (κ2) is 9.02. The molecule has 1 amide bonds. The summed E-state index contributed by atoms with van der Waals surface area (Å²) in [7, 11) is 1.53. The van der Waals surface area contributed by atoms with E-state index in [0.29, 0.717) is 18.4 Å². The highest BCUT2D eigenvalue weighted by Crippen LogP contribution is 2.45. The molecule has 0 spiro atoms. The number of carbonyl (C=O) groups excluding carboxylic acids is 1. The third-order valence-corrected chi connectivity index (χ3v) is 6.33. The molecule has 144 valence electrons. The fourth-order valence-electron chi connectivity index (χ4n) is 4.34. The predicted octanol–water partition coefficient (Wildman–Crippen LogP) is 3.76. The Hall–Kier alpha value is -1.10. The lowest BCUT2D eigenvalue weighted by Gasteiger charge is -2.32. The number of hydrogen-bond acceptors (Lipinski definition) is 3. The third-order valence-electron chi connectivity index (χ3n) is 6.33. The normalized spacial score (nSPS) is 26.8. The van der Waals surface area contributed by atoms with E-state index in [9.17, 15) is 14.7 Å². The highest BCUT2D eigenvalue weighted by atomic mass is 16.5. The van der Waals surface area contributed by atoms with Gasteiger partial charge in [0.1, 0.15) is 0 Å². The Kier molecular flexibility index (Phi) is 7.29. The second-order valence-electron chi connectivity index (χ2n) is 8.15. The third kappa shape index (κ3) is 5.19. The van der Waals surface area contributed by atoms with Gasteiger partial charge in [0.2, 0.25) is 5.91 Å². The Morgan fingerprint density at radius 1 is 1.28 bits per heavy atom. The molecule has 0 saturated heterocycles. The first kappa shape index (κ1) is 20.2. The molecular formula is C20H35NO4. The molecule has 5 nitrogen and oxygen atoms in total. The van der Waals surface area contributed by atoms with Crippen LogP contribution in [0.4, 0.5) is 0 Å². The van der Waals surface area contributed by atoms with Gasteiger partial charge in [0.15, 0.2) is 0 Å². The molecule has 25 heavy (non-hydrogen) atoms. The average Bonchev–Trinajstić information content (AvgIpc) is 3.13. The zero-order valence-electron chi connectivity index (χ0n) is 16.1. The topological polar surface area (TPSA) is 75.6 Å². The van der Waals surface area contributed by atoms with E-state index < -0.39 is 17.3 Å². The van der Waals surface area contributed by atoms with Gasteiger partial charge in [-0.2, -0.15) is 0 Å². The quantitative estimate of drug-likeness (QED) is 0.555. The highest BCUT2D eigenvalue weighted by Gasteiger charge is 2.48. The van der Waals surface area contributed by atoms with E-state index in [-0.39, 0.29) is 12.0 Å². The molecule has 2 N–H and O–H groups in total. The standard InChI is InChI=1S/C20H35NO4/c1-4-5-6-9-15-12-17(15)21-19(24)20(10-7-8-11-20)13-16(18(22)23)14(2)25-3/h14-17H,4-13H2,1-3H3,(H,21,24)(H,22,23)/t14?,15-,16?,17-/m1/s1. The molecule has 5 heteroatoms. The number of carboxylic acid groups (broad SMARTS) is 1. The van der Waals surface area contributed by atoms with Crippen molar-refractivity contribution >= 4 is 11.9 Å². The first-order chi connectivity index (χ1) is 11.9. The lowest BCUT2D eigenvalue weighted by Crippen LogP contribution is -2.44. The van der Waals surface area contributed by atoms with Crippen LogP contribution >= 0.6 is 0 Å². The molecule has 0 aliphatic heterocycles. The second-order valence-corrected chi connectivity index (χ2v) is 8.15. The summed E-state index contributed by atoms with van der Waals surface area (Å²) >= 11 is 0. The summed E-state index contributed by atoms with van der Waals surface area (Å²) in [5.41, 5.74) is -0.521. The van der Waals surface area contributed by atoms with E-state index >= 15 is 0 Å². The van der Waals surface area contributed by atoms with Crippen LogP contribution in [0.15, 0.2) is 0 Å². The molecule has 0 bridgehead atoms. The van der Waals surface area contributed by atoms with E-state index in [1.165, 1.54) is 32.8 Å². The summed E-state index contributed by atoms with van der Waals surface area (Å²) < 4.78 is 5.26. The van der Waals surface area contributed by atoms with Crippen LogP contribution in [0, 0.1) is 17.3 Å². The molecule has 0 aromatic rings. The van der Waals surface area contributed by atoms with Gasteiger partial charge in [0, 0.05) is 13.2 Å². The molecule has 2 aliphatic rings. The van der Waals surface area contributed by atoms with Gasteiger partial charge in [-0.25, -0.2) is 0 Å². The van der Waals surface area contributed by atoms with Crippen molar-refractivity contribution in [3.05, 3.63) is 0 Å². The van der Waals surface area contributed by atoms with Crippen LogP contribution < -0.4 is 5.32 Å². The Morgan fingerprint density at radius 3 is 2.52 bits per heavy atom. The van der Waals surface area contributed by atoms with Crippen LogP contribution in [0.1, 0.15) is 78.1 Å². The fraction of sp³-hybridized carbons (Fsp3) is 0.900. The Bertz CT molecular complexity index is 459. The van der Waals surface area contributed by atoms with Crippen LogP contribution in [-0.4, -0.2) is 36.2 Å². The molecule has 0 radical (unpaired) electrons. The number of amides is 1. The molecule has 2 unspecified atom stereocenters. The fourth-order valence-corrected chi connectivity index (χ4v) is 4.34. The maximum Gasteiger partial charge on any atom is 0.309 e. The van der Waals surface area contributed by atoms with Gasteiger partial charge in [-0.15, -0.1) is 0 Å². The number of ether oxygens (including phenoxy) is 1. The lowest BCUT2D eigenvalue weighted by atomic mass is 9.75. The van der Waals surface area contributed by atoms with E-state index in [1.54, 1.807) is 6.92 Å². The number of methoxy groups -OCH3 is 1. The largest absolute Gasteiger partial charge is 0.481 e. The summed E-state index contributed by atoms with van der Waals surface area (Å²) in [4.78, 5) is 24.7. The van der Waals surface area contributed by atoms with Gasteiger partial charge in [0.05, 0.1) is 17.4 Å². The Balaban J connectivity index is 1.94. The highest BCUT2D eigenvalue weighted by molar-refractivity contribution is 5.84. The summed E-state index contributed by atoms with van der Waals surface area (Å²) in [5, 5.41) is 12.8. The molecule has 2 aliphatic carbocycles. The predicted molar refractivity (Wildman–Crippen MR) is 97.3 cm³/mol. The molecule has 2 saturated carbocycles. The van der Waals surface area contributed by atoms with E-state index in [2.05, 4.69) is 12.2 Å². The number of aliphatic carboxylic acids is 1. The molecule has 0 heterocycles. The SMILES string of the molecule is CCCCC[C@@H]1C[C@H]1NC(=O)C1(CC(C(=O)O)C(C)OC)CCCC1. The number of hydrogen-bond donors (Lipinski definition) is 2. The molecule has 2 fully saturated rings. The zero-order chi connectivity index (χ0) is 18.4. The number of unbranched alkanes of at least 4 members (excludes halogenated alkanes) is 2. The van der Waals surface area contributed by atoms with Gasteiger partial charge >= 0.3 is 5.97 Å². The molecule has 0 aromatic carbocycles. The van der Waals surface area contributed by atoms with Crippen molar-refractivity contribution in [3.63, 3.8) is 0 Å². The van der Waals surface area contributed by atoms with Crippen molar-refractivity contribution in [2.75, 3.05) is 7.11 Å². The maximum atomic E-state index is 13.0. The van der Waals surface area contributed by atoms with Gasteiger partial charge in [-0.1, -0.05) is 39.0 Å². The van der Waals surface area contributed by atoms with E-state index in [0.717, 1.165) is 32.1 Å². The molecule has 2 rings (SSSR count). The number of carboxylic acids is 1. The zero-order valence-corrected chi connectivity index (χ0v) is 16.1. The Morgan fingerprint density at radius 2 is 1.96 bits per heavy atom. The Labute approximate surface area is 151 Å². The summed E-state index contributed by atoms with van der Waals surface area (Å²) in [6.07, 6.45) is 9.62. The monoisotopic (exact) mass is 353 g/mol. The van der Waals surface area contributed by atoms with Gasteiger partial charge in [0.25, 0.3) is 0 Å². The van der Waals surface area contributed by atoms with Crippen LogP contribution in [0.3, 0.4) is 0 Å². The van der Waals surface area contributed by atoms with Crippen LogP contribution in [0.5, 0.6) is 0 Å². The molecule has 4 atom stereocenters. The minimum Gasteiger partial charge on any atom is -0.481 e. The minimum atomic E-state index is -0.864. The van der Waals surface area contributed by atoms with E-state index in [4.69, 9.17) is 4.74 Å². The van der Waals surface area contributed by atoms with Crippen LogP contribution in [0.25, 0.3) is 0 Å². The van der Waals surface area contributed by atoms with Crippen molar-refractivity contribution in [2.24, 2.45) is 17.3 Å². The summed E-state index contributed by atoms with van der Waals surface area (Å²) in [6, 6.07) is 0.310. The van der Waals surface area contributed by atoms with E-state index in [1.807, 2.05) is 0 Å². The van der Waals surface area contributed by atoms with Gasteiger partial charge < -0.3 is 15.2 Å². The first-order valence-corrected chi connectivity index (χ1v) is 10.00. The number of carbonyl (C=O) groups is 2. The maximum absolute atomic E-state index is 13.0. The summed E-state index contributed by atoms with van der Waals surface area (Å²) in [6.45, 7) is 3.99. The smallest absolute Gasteiger partial charge is 0.309 e. The number of rotatable bonds is 11. The van der Waals surface area contributed by atoms with Crippen LogP contribution in [-0.2, 0) is 14.3 Å². The average molecular weight is 354 g/mol. The van der Waals surface area contributed by atoms with Gasteiger partial charge in [-0.3, -0.25) is 9.59 Å². The van der Waals surface area contributed by atoms with Gasteiger partial charge in [-0.05, 0) is 44.9 Å². The van der Waals surface area contributed by atoms with Crippen molar-refractivity contribution < 1.29 is 19.4 Å². The lowest BCUT2D eigenvalue weighted by molar-refractivity contribution is -0.149. The number of nitrogens with one attached hydrogen (secondary N) is 1. The molecule has 0 aromatic heterocycles. The van der Waals surface area contributed by atoms with Crippen molar-refractivity contribution in [2.45, 2.75) is 90.2 Å². The molecular weight excluding hydrogens is 318 g/mol. The van der Waals surface area contributed by atoms with Crippen molar-refractivity contribution in [3.8, 4) is 0 Å². The van der Waals surface area contributed by atoms with Crippen LogP contribution in [0.2, 0.25) is 0 Å². The van der Waals surface area contributed by atoms with Crippen molar-refractivity contribution in [1.29, 1.82) is 0 Å². The summed E-state index contributed by atoms with van der Waals surface area (Å²) in [5.74, 6) is -0.782. The van der Waals surface area contributed by atoms with Crippen molar-refractivity contribution in [1.82, 2.24) is 5.32 Å².